The van der Waals surface area contributed by atoms with Crippen molar-refractivity contribution < 1.29 is 14.3 Å². The lowest BCUT2D eigenvalue weighted by Crippen LogP contribution is -2.49. The van der Waals surface area contributed by atoms with Crippen molar-refractivity contribution in [3.05, 3.63) is 36.0 Å². The summed E-state index contributed by atoms with van der Waals surface area (Å²) in [6, 6.07) is 8.83. The number of carbonyl (C=O) groups is 1. The molecule has 2 fully saturated rings. The molecule has 1 saturated heterocycles. The van der Waals surface area contributed by atoms with Crippen LogP contribution in [0.4, 0.5) is 0 Å². The lowest BCUT2D eigenvalue weighted by molar-refractivity contribution is -0.146. The van der Waals surface area contributed by atoms with Gasteiger partial charge in [0.1, 0.15) is 6.10 Å². The van der Waals surface area contributed by atoms with Gasteiger partial charge in [-0.15, -0.1) is 0 Å². The molecule has 6 heteroatoms. The maximum absolute atomic E-state index is 13.1. The molecule has 152 valence electrons. The monoisotopic (exact) mass is 385 g/mol. The van der Waals surface area contributed by atoms with Gasteiger partial charge in [-0.3, -0.25) is 4.79 Å². The zero-order valence-electron chi connectivity index (χ0n) is 16.9. The molecular formula is C22H31N3O3. The van der Waals surface area contributed by atoms with Crippen molar-refractivity contribution in [1.82, 2.24) is 14.8 Å². The first-order valence-corrected chi connectivity index (χ1v) is 10.4. The maximum atomic E-state index is 13.1. The van der Waals surface area contributed by atoms with E-state index in [0.29, 0.717) is 25.7 Å². The van der Waals surface area contributed by atoms with Crippen LogP contribution < -0.4 is 5.32 Å². The number of hydrogen-bond acceptors (Lipinski definition) is 4. The molecule has 2 heterocycles. The van der Waals surface area contributed by atoms with E-state index in [1.165, 1.54) is 16.5 Å². The molecule has 1 aliphatic heterocycles. The smallest absolute Gasteiger partial charge is 0.253 e. The molecular weight excluding hydrogens is 354 g/mol. The summed E-state index contributed by atoms with van der Waals surface area (Å²) in [5.74, 6) is 0.125. The number of aromatic nitrogens is 1. The molecule has 0 bridgehead atoms. The van der Waals surface area contributed by atoms with Gasteiger partial charge in [-0.25, -0.2) is 0 Å². The molecule has 0 radical (unpaired) electrons. The van der Waals surface area contributed by atoms with E-state index in [4.69, 9.17) is 9.47 Å². The number of nitrogens with zero attached hydrogens (tertiary/aromatic N) is 2. The molecule has 2 atom stereocenters. The fraction of sp³-hybridized carbons (Fsp3) is 0.591. The van der Waals surface area contributed by atoms with Gasteiger partial charge in [0.05, 0.1) is 12.7 Å². The van der Waals surface area contributed by atoms with Gasteiger partial charge >= 0.3 is 0 Å². The second kappa shape index (κ2) is 8.64. The first-order valence-electron chi connectivity index (χ1n) is 10.4. The van der Waals surface area contributed by atoms with Crippen LogP contribution in [-0.4, -0.2) is 60.4 Å². The summed E-state index contributed by atoms with van der Waals surface area (Å²) in [6.45, 7) is 5.68. The number of methoxy groups -OCH3 is 1. The Hall–Kier alpha value is -1.89. The summed E-state index contributed by atoms with van der Waals surface area (Å²) < 4.78 is 13.4. The van der Waals surface area contributed by atoms with Crippen molar-refractivity contribution in [2.24, 2.45) is 0 Å². The summed E-state index contributed by atoms with van der Waals surface area (Å²) in [5, 5.41) is 4.50. The minimum Gasteiger partial charge on any atom is -0.382 e. The third-order valence-corrected chi connectivity index (χ3v) is 5.86. The molecule has 1 aromatic carbocycles. The van der Waals surface area contributed by atoms with Crippen LogP contribution >= 0.6 is 0 Å². The highest BCUT2D eigenvalue weighted by Crippen LogP contribution is 2.32. The fourth-order valence-electron chi connectivity index (χ4n) is 3.94. The lowest BCUT2D eigenvalue weighted by atomic mass is 10.1. The van der Waals surface area contributed by atoms with Gasteiger partial charge in [-0.05, 0) is 37.8 Å². The maximum Gasteiger partial charge on any atom is 0.253 e. The molecule has 28 heavy (non-hydrogen) atoms. The number of carbonyl (C=O) groups excluding carboxylic acids is 1. The second-order valence-electron chi connectivity index (χ2n) is 7.96. The number of fused-ring (bicyclic) bond motifs is 1. The predicted octanol–water partition coefficient (Wildman–Crippen LogP) is 2.55. The van der Waals surface area contributed by atoms with Crippen LogP contribution in [0.3, 0.4) is 0 Å². The van der Waals surface area contributed by atoms with Crippen molar-refractivity contribution in [3.63, 3.8) is 0 Å². The van der Waals surface area contributed by atoms with Gasteiger partial charge in [0, 0.05) is 56.4 Å². The largest absolute Gasteiger partial charge is 0.382 e. The van der Waals surface area contributed by atoms with E-state index >= 15 is 0 Å². The first-order chi connectivity index (χ1) is 13.7. The molecule has 4 rings (SSSR count). The summed E-state index contributed by atoms with van der Waals surface area (Å²) in [4.78, 5) is 15.2. The van der Waals surface area contributed by atoms with E-state index in [-0.39, 0.29) is 18.1 Å². The van der Waals surface area contributed by atoms with Gasteiger partial charge in [0.25, 0.3) is 5.91 Å². The topological polar surface area (TPSA) is 55.7 Å². The Morgan fingerprint density at radius 3 is 2.93 bits per heavy atom. The van der Waals surface area contributed by atoms with E-state index in [1.54, 1.807) is 7.11 Å². The highest BCUT2D eigenvalue weighted by Gasteiger charge is 2.37. The molecule has 6 nitrogen and oxygen atoms in total. The van der Waals surface area contributed by atoms with E-state index < -0.39 is 0 Å². The first kappa shape index (κ1) is 19.4. The Bertz CT molecular complexity index is 808. The molecule has 1 aromatic heterocycles. The average Bonchev–Trinajstić information content (AvgIpc) is 3.53. The van der Waals surface area contributed by atoms with Crippen LogP contribution in [0.2, 0.25) is 0 Å². The van der Waals surface area contributed by atoms with E-state index in [1.807, 2.05) is 4.90 Å². The van der Waals surface area contributed by atoms with E-state index in [9.17, 15) is 4.79 Å². The lowest BCUT2D eigenvalue weighted by Gasteiger charge is -2.30. The predicted molar refractivity (Wildman–Crippen MR) is 109 cm³/mol. The van der Waals surface area contributed by atoms with Crippen molar-refractivity contribution >= 4 is 16.8 Å². The molecule has 0 spiro atoms. The number of para-hydroxylation sites is 1. The quantitative estimate of drug-likeness (QED) is 0.759. The Morgan fingerprint density at radius 1 is 1.39 bits per heavy atom. The summed E-state index contributed by atoms with van der Waals surface area (Å²) in [5.41, 5.74) is 2.43. The number of nitrogens with one attached hydrogen (secondary N) is 1. The van der Waals surface area contributed by atoms with E-state index in [0.717, 1.165) is 32.4 Å². The summed E-state index contributed by atoms with van der Waals surface area (Å²) in [7, 11) is 1.76. The SMILES string of the molecule is COC(C)CCn1cc(CN(C(=O)C2CNCCO2)C2CC2)c2ccccc21. The molecule has 2 aromatic rings. The number of rotatable bonds is 8. The molecule has 1 aliphatic carbocycles. The van der Waals surface area contributed by atoms with Crippen LogP contribution in [-0.2, 0) is 27.4 Å². The Labute approximate surface area is 166 Å². The van der Waals surface area contributed by atoms with Crippen molar-refractivity contribution in [2.75, 3.05) is 26.8 Å². The highest BCUT2D eigenvalue weighted by atomic mass is 16.5. The third kappa shape index (κ3) is 4.24. The number of aryl methyl sites for hydroxylation is 1. The zero-order valence-corrected chi connectivity index (χ0v) is 16.9. The van der Waals surface area contributed by atoms with Crippen molar-refractivity contribution in [1.29, 1.82) is 0 Å². The second-order valence-corrected chi connectivity index (χ2v) is 7.96. The van der Waals surface area contributed by atoms with Crippen molar-refractivity contribution in [2.45, 2.75) is 57.5 Å². The minimum atomic E-state index is -0.356. The number of amides is 1. The Kier molecular flexibility index (Phi) is 5.99. The molecule has 1 N–H and O–H groups in total. The molecule has 1 amide bonds. The molecule has 2 aliphatic rings. The van der Waals surface area contributed by atoms with Crippen LogP contribution in [0.15, 0.2) is 30.5 Å². The van der Waals surface area contributed by atoms with Gasteiger partial charge in [-0.2, -0.15) is 0 Å². The van der Waals surface area contributed by atoms with Crippen LogP contribution in [0.5, 0.6) is 0 Å². The molecule has 1 saturated carbocycles. The summed E-state index contributed by atoms with van der Waals surface area (Å²) in [6.07, 6.45) is 5.23. The zero-order chi connectivity index (χ0) is 19.5. The van der Waals surface area contributed by atoms with Gasteiger partial charge in [0.15, 0.2) is 0 Å². The standard InChI is InChI=1S/C22H31N3O3/c1-16(27-2)9-11-24-14-17(19-5-3-4-6-20(19)24)15-25(18-7-8-18)22(26)21-13-23-10-12-28-21/h3-6,14,16,18,21,23H,7-13,15H2,1-2H3. The minimum absolute atomic E-state index is 0.125. The van der Waals surface area contributed by atoms with Gasteiger partial charge in [0.2, 0.25) is 0 Å². The van der Waals surface area contributed by atoms with E-state index in [2.05, 4.69) is 47.3 Å². The number of hydrogen-bond donors (Lipinski definition) is 1. The summed E-state index contributed by atoms with van der Waals surface area (Å²) >= 11 is 0. The number of morpholine rings is 1. The highest BCUT2D eigenvalue weighted by molar-refractivity contribution is 5.86. The Morgan fingerprint density at radius 2 is 2.21 bits per heavy atom. The van der Waals surface area contributed by atoms with Crippen LogP contribution in [0, 0.1) is 0 Å². The van der Waals surface area contributed by atoms with Gasteiger partial charge in [-0.1, -0.05) is 18.2 Å². The van der Waals surface area contributed by atoms with Crippen molar-refractivity contribution in [3.8, 4) is 0 Å². The van der Waals surface area contributed by atoms with Crippen LogP contribution in [0.1, 0.15) is 31.7 Å². The Balaban J connectivity index is 1.56. The van der Waals surface area contributed by atoms with Crippen LogP contribution in [0.25, 0.3) is 10.9 Å². The fourth-order valence-corrected chi connectivity index (χ4v) is 3.94. The number of benzene rings is 1. The molecule has 2 unspecified atom stereocenters. The normalized spacial score (nSPS) is 21.0. The average molecular weight is 386 g/mol. The third-order valence-electron chi connectivity index (χ3n) is 5.86. The van der Waals surface area contributed by atoms with Gasteiger partial charge < -0.3 is 24.3 Å². The number of ether oxygens (including phenoxy) is 2.